The van der Waals surface area contributed by atoms with Crippen molar-refractivity contribution in [2.45, 2.75) is 58.4 Å². The number of nitrogens with one attached hydrogen (secondary N) is 2. The molecule has 0 spiro atoms. The summed E-state index contributed by atoms with van der Waals surface area (Å²) in [4.78, 5) is 26.0. The predicted octanol–water partition coefficient (Wildman–Crippen LogP) is 1.53. The van der Waals surface area contributed by atoms with Gasteiger partial charge in [-0.1, -0.05) is 13.8 Å². The monoisotopic (exact) mass is 309 g/mol. The van der Waals surface area contributed by atoms with Crippen molar-refractivity contribution in [2.75, 3.05) is 26.2 Å². The van der Waals surface area contributed by atoms with Crippen molar-refractivity contribution in [3.8, 4) is 0 Å². The SMILES string of the molecule is CC(C)CC(=O)N1CCC(NC(=O)CCC2CCNC2)CC1. The van der Waals surface area contributed by atoms with Gasteiger partial charge in [-0.05, 0) is 50.6 Å². The minimum Gasteiger partial charge on any atom is -0.353 e. The van der Waals surface area contributed by atoms with Crippen molar-refractivity contribution in [3.63, 3.8) is 0 Å². The lowest BCUT2D eigenvalue weighted by Crippen LogP contribution is -2.46. The van der Waals surface area contributed by atoms with Crippen molar-refractivity contribution in [2.24, 2.45) is 11.8 Å². The highest BCUT2D eigenvalue weighted by Crippen LogP contribution is 2.16. The summed E-state index contributed by atoms with van der Waals surface area (Å²) in [5.74, 6) is 1.52. The number of rotatable bonds is 6. The fourth-order valence-corrected chi connectivity index (χ4v) is 3.35. The first-order chi connectivity index (χ1) is 10.5. The molecule has 0 aromatic carbocycles. The van der Waals surface area contributed by atoms with E-state index in [0.717, 1.165) is 45.4 Å². The highest BCUT2D eigenvalue weighted by Gasteiger charge is 2.24. The summed E-state index contributed by atoms with van der Waals surface area (Å²) in [6.45, 7) is 7.86. The van der Waals surface area contributed by atoms with Gasteiger partial charge in [0.2, 0.25) is 11.8 Å². The molecular weight excluding hydrogens is 278 g/mol. The molecule has 2 aliphatic rings. The summed E-state index contributed by atoms with van der Waals surface area (Å²) in [5, 5.41) is 6.48. The van der Waals surface area contributed by atoms with E-state index in [-0.39, 0.29) is 17.9 Å². The van der Waals surface area contributed by atoms with Crippen molar-refractivity contribution in [3.05, 3.63) is 0 Å². The first-order valence-electron chi connectivity index (χ1n) is 8.82. The van der Waals surface area contributed by atoms with Gasteiger partial charge in [-0.15, -0.1) is 0 Å². The number of hydrogen-bond donors (Lipinski definition) is 2. The van der Waals surface area contributed by atoms with E-state index in [2.05, 4.69) is 24.5 Å². The second-order valence-electron chi connectivity index (χ2n) is 7.22. The fraction of sp³-hybridized carbons (Fsp3) is 0.882. The van der Waals surface area contributed by atoms with E-state index in [1.165, 1.54) is 6.42 Å². The Morgan fingerprint density at radius 1 is 1.23 bits per heavy atom. The Labute approximate surface area is 134 Å². The summed E-state index contributed by atoms with van der Waals surface area (Å²) in [7, 11) is 0. The maximum absolute atomic E-state index is 12.0. The van der Waals surface area contributed by atoms with E-state index in [0.29, 0.717) is 24.7 Å². The molecule has 22 heavy (non-hydrogen) atoms. The molecule has 1 unspecified atom stereocenters. The number of hydrogen-bond acceptors (Lipinski definition) is 3. The van der Waals surface area contributed by atoms with Gasteiger partial charge in [0, 0.05) is 32.0 Å². The quantitative estimate of drug-likeness (QED) is 0.782. The van der Waals surface area contributed by atoms with Gasteiger partial charge in [-0.25, -0.2) is 0 Å². The molecule has 2 saturated heterocycles. The number of piperidine rings is 1. The summed E-state index contributed by atoms with van der Waals surface area (Å²) < 4.78 is 0. The predicted molar refractivity (Wildman–Crippen MR) is 87.4 cm³/mol. The fourth-order valence-electron chi connectivity index (χ4n) is 3.35. The third kappa shape index (κ3) is 5.59. The number of likely N-dealkylation sites (tertiary alicyclic amines) is 1. The maximum Gasteiger partial charge on any atom is 0.222 e. The second-order valence-corrected chi connectivity index (χ2v) is 7.22. The zero-order valence-electron chi connectivity index (χ0n) is 14.1. The van der Waals surface area contributed by atoms with Gasteiger partial charge < -0.3 is 15.5 Å². The topological polar surface area (TPSA) is 61.4 Å². The molecule has 2 N–H and O–H groups in total. The summed E-state index contributed by atoms with van der Waals surface area (Å²) in [6, 6.07) is 0.248. The van der Waals surface area contributed by atoms with Crippen molar-refractivity contribution in [1.82, 2.24) is 15.5 Å². The highest BCUT2D eigenvalue weighted by molar-refractivity contribution is 5.77. The van der Waals surface area contributed by atoms with Crippen LogP contribution in [-0.4, -0.2) is 48.9 Å². The Balaban J connectivity index is 1.62. The van der Waals surface area contributed by atoms with E-state index in [4.69, 9.17) is 0 Å². The zero-order valence-corrected chi connectivity index (χ0v) is 14.1. The molecule has 0 aromatic rings. The molecule has 126 valence electrons. The van der Waals surface area contributed by atoms with Gasteiger partial charge >= 0.3 is 0 Å². The third-order valence-electron chi connectivity index (χ3n) is 4.74. The molecule has 2 aliphatic heterocycles. The molecular formula is C17H31N3O2. The highest BCUT2D eigenvalue weighted by atomic mass is 16.2. The smallest absolute Gasteiger partial charge is 0.222 e. The van der Waals surface area contributed by atoms with Crippen LogP contribution in [0.25, 0.3) is 0 Å². The third-order valence-corrected chi connectivity index (χ3v) is 4.74. The van der Waals surface area contributed by atoms with Crippen LogP contribution in [0.2, 0.25) is 0 Å². The molecule has 2 fully saturated rings. The first kappa shape index (κ1) is 17.3. The molecule has 0 saturated carbocycles. The minimum absolute atomic E-state index is 0.179. The normalized spacial score (nSPS) is 23.0. The molecule has 1 atom stereocenters. The van der Waals surface area contributed by atoms with Gasteiger partial charge in [-0.3, -0.25) is 9.59 Å². The molecule has 0 aromatic heterocycles. The van der Waals surface area contributed by atoms with Gasteiger partial charge in [0.25, 0.3) is 0 Å². The number of nitrogens with zero attached hydrogens (tertiary/aromatic N) is 1. The van der Waals surface area contributed by atoms with Crippen LogP contribution < -0.4 is 10.6 Å². The molecule has 0 aliphatic carbocycles. The van der Waals surface area contributed by atoms with Crippen molar-refractivity contribution < 1.29 is 9.59 Å². The van der Waals surface area contributed by atoms with E-state index < -0.39 is 0 Å². The average molecular weight is 309 g/mol. The van der Waals surface area contributed by atoms with E-state index in [1.807, 2.05) is 4.90 Å². The van der Waals surface area contributed by atoms with E-state index >= 15 is 0 Å². The summed E-state index contributed by atoms with van der Waals surface area (Å²) in [5.41, 5.74) is 0. The van der Waals surface area contributed by atoms with Crippen LogP contribution in [0.15, 0.2) is 0 Å². The van der Waals surface area contributed by atoms with Gasteiger partial charge in [0.1, 0.15) is 0 Å². The molecule has 2 amide bonds. The molecule has 5 heteroatoms. The van der Waals surface area contributed by atoms with E-state index in [1.54, 1.807) is 0 Å². The van der Waals surface area contributed by atoms with Crippen molar-refractivity contribution in [1.29, 1.82) is 0 Å². The van der Waals surface area contributed by atoms with Crippen LogP contribution in [0.1, 0.15) is 52.4 Å². The van der Waals surface area contributed by atoms with Crippen LogP contribution in [-0.2, 0) is 9.59 Å². The van der Waals surface area contributed by atoms with Crippen LogP contribution >= 0.6 is 0 Å². The summed E-state index contributed by atoms with van der Waals surface area (Å²) >= 11 is 0. The van der Waals surface area contributed by atoms with Gasteiger partial charge in [-0.2, -0.15) is 0 Å². The maximum atomic E-state index is 12.0. The Morgan fingerprint density at radius 2 is 1.95 bits per heavy atom. The second kappa shape index (κ2) is 8.51. The molecule has 2 rings (SSSR count). The van der Waals surface area contributed by atoms with Gasteiger partial charge in [0.05, 0.1) is 0 Å². The molecule has 0 bridgehead atoms. The molecule has 0 radical (unpaired) electrons. The number of carbonyl (C=O) groups excluding carboxylic acids is 2. The largest absolute Gasteiger partial charge is 0.353 e. The van der Waals surface area contributed by atoms with Gasteiger partial charge in [0.15, 0.2) is 0 Å². The number of amides is 2. The molecule has 2 heterocycles. The Morgan fingerprint density at radius 3 is 2.55 bits per heavy atom. The lowest BCUT2D eigenvalue weighted by molar-refractivity contribution is -0.133. The molecule has 5 nitrogen and oxygen atoms in total. The lowest BCUT2D eigenvalue weighted by atomic mass is 10.0. The van der Waals surface area contributed by atoms with Crippen LogP contribution in [0, 0.1) is 11.8 Å². The average Bonchev–Trinajstić information content (AvgIpc) is 2.98. The lowest BCUT2D eigenvalue weighted by Gasteiger charge is -2.33. The minimum atomic E-state index is 0.179. The van der Waals surface area contributed by atoms with Crippen LogP contribution in [0.5, 0.6) is 0 Å². The Kier molecular flexibility index (Phi) is 6.68. The first-order valence-corrected chi connectivity index (χ1v) is 8.82. The number of carbonyl (C=O) groups is 2. The van der Waals surface area contributed by atoms with Crippen LogP contribution in [0.4, 0.5) is 0 Å². The summed E-state index contributed by atoms with van der Waals surface area (Å²) in [6.07, 6.45) is 5.24. The Bertz CT molecular complexity index is 370. The van der Waals surface area contributed by atoms with Crippen molar-refractivity contribution >= 4 is 11.8 Å². The van der Waals surface area contributed by atoms with Crippen LogP contribution in [0.3, 0.4) is 0 Å². The Hall–Kier alpha value is -1.10. The van der Waals surface area contributed by atoms with E-state index in [9.17, 15) is 9.59 Å². The standard InChI is InChI=1S/C17H31N3O2/c1-13(2)11-17(22)20-9-6-15(7-10-20)19-16(21)4-3-14-5-8-18-12-14/h13-15,18H,3-12H2,1-2H3,(H,19,21). The zero-order chi connectivity index (χ0) is 15.9.